The van der Waals surface area contributed by atoms with Gasteiger partial charge in [-0.05, 0) is 61.3 Å². The summed E-state index contributed by atoms with van der Waals surface area (Å²) in [5.74, 6) is 1.59. The van der Waals surface area contributed by atoms with Crippen LogP contribution in [0, 0.1) is 0 Å². The zero-order chi connectivity index (χ0) is 23.9. The average Bonchev–Trinajstić information content (AvgIpc) is 3.23. The molecule has 9 heteroatoms. The lowest BCUT2D eigenvalue weighted by Crippen LogP contribution is -2.28. The molecule has 7 nitrogen and oxygen atoms in total. The normalized spacial score (nSPS) is 17.1. The summed E-state index contributed by atoms with van der Waals surface area (Å²) in [6.45, 7) is 6.29. The number of ether oxygens (including phenoxy) is 2. The second-order valence-electron chi connectivity index (χ2n) is 8.81. The molecular weight excluding hydrogens is 470 g/mol. The first-order valence-corrected chi connectivity index (χ1v) is 14.2. The minimum absolute atomic E-state index is 0.0114. The molecule has 1 unspecified atom stereocenters. The van der Waals surface area contributed by atoms with Crippen LogP contribution < -0.4 is 14.8 Å². The molecule has 0 bridgehead atoms. The van der Waals surface area contributed by atoms with E-state index in [0.717, 1.165) is 53.0 Å². The molecule has 1 saturated carbocycles. The summed E-state index contributed by atoms with van der Waals surface area (Å²) in [4.78, 5) is 8.54. The van der Waals surface area contributed by atoms with Crippen LogP contribution in [0.15, 0.2) is 53.6 Å². The Hall–Kier alpha value is -2.62. The number of fused-ring (bicyclic) bond motifs is 1. The van der Waals surface area contributed by atoms with Crippen molar-refractivity contribution in [3.05, 3.63) is 64.7 Å². The van der Waals surface area contributed by atoms with Gasteiger partial charge in [0, 0.05) is 17.3 Å². The zero-order valence-electron chi connectivity index (χ0n) is 19.6. The molecule has 0 saturated heterocycles. The van der Waals surface area contributed by atoms with Crippen molar-refractivity contribution in [2.75, 3.05) is 31.5 Å². The van der Waals surface area contributed by atoms with Gasteiger partial charge in [-0.3, -0.25) is 4.90 Å². The molecule has 0 amide bonds. The van der Waals surface area contributed by atoms with Gasteiger partial charge in [0.2, 0.25) is 6.79 Å². The molecule has 2 aliphatic rings. The average molecular weight is 500 g/mol. The summed E-state index contributed by atoms with van der Waals surface area (Å²) in [7, 11) is -3.23. The number of nitrogens with zero attached hydrogens (tertiary/aromatic N) is 2. The smallest absolute Gasteiger partial charge is 0.231 e. The molecule has 34 heavy (non-hydrogen) atoms. The molecule has 1 aromatic heterocycles. The fourth-order valence-corrected chi connectivity index (χ4v) is 6.23. The molecule has 1 N–H and O–H groups in total. The molecule has 0 radical (unpaired) electrons. The number of nitrogens with one attached hydrogen (secondary N) is 1. The van der Waals surface area contributed by atoms with Crippen molar-refractivity contribution in [1.82, 2.24) is 9.88 Å². The Kier molecular flexibility index (Phi) is 6.03. The molecule has 3 aromatic rings. The van der Waals surface area contributed by atoms with Crippen molar-refractivity contribution in [2.24, 2.45) is 0 Å². The van der Waals surface area contributed by atoms with E-state index in [4.69, 9.17) is 14.5 Å². The van der Waals surface area contributed by atoms with Crippen LogP contribution in [-0.2, 0) is 15.4 Å². The van der Waals surface area contributed by atoms with Crippen molar-refractivity contribution in [1.29, 1.82) is 0 Å². The van der Waals surface area contributed by atoms with E-state index in [0.29, 0.717) is 4.90 Å². The minimum Gasteiger partial charge on any atom is -0.454 e. The van der Waals surface area contributed by atoms with Crippen molar-refractivity contribution < 1.29 is 17.9 Å². The van der Waals surface area contributed by atoms with Crippen molar-refractivity contribution >= 4 is 26.3 Å². The first-order chi connectivity index (χ1) is 16.3. The SMILES string of the molecule is CCN(CC)C(c1ccc(S(C)(=O)=O)cc1)c1cnc(NC2(c3ccc4c(c3)OCO4)CC2)s1. The van der Waals surface area contributed by atoms with Crippen LogP contribution in [0.5, 0.6) is 11.5 Å². The fraction of sp³-hybridized carbons (Fsp3) is 0.400. The Bertz CT molecular complexity index is 1280. The van der Waals surface area contributed by atoms with Gasteiger partial charge in [0.15, 0.2) is 26.5 Å². The maximum atomic E-state index is 11.9. The summed E-state index contributed by atoms with van der Waals surface area (Å²) >= 11 is 1.65. The Balaban J connectivity index is 1.41. The second-order valence-corrected chi connectivity index (χ2v) is 11.9. The summed E-state index contributed by atoms with van der Waals surface area (Å²) in [5, 5.41) is 4.57. The van der Waals surface area contributed by atoms with E-state index in [-0.39, 0.29) is 18.4 Å². The number of thiazole rings is 1. The highest BCUT2D eigenvalue weighted by molar-refractivity contribution is 7.90. The molecule has 1 aliphatic carbocycles. The largest absolute Gasteiger partial charge is 0.454 e. The van der Waals surface area contributed by atoms with Gasteiger partial charge in [-0.1, -0.05) is 32.0 Å². The topological polar surface area (TPSA) is 80.8 Å². The third kappa shape index (κ3) is 4.39. The lowest BCUT2D eigenvalue weighted by Gasteiger charge is -2.29. The molecule has 1 fully saturated rings. The van der Waals surface area contributed by atoms with E-state index in [2.05, 4.69) is 36.2 Å². The summed E-state index contributed by atoms with van der Waals surface area (Å²) < 4.78 is 34.8. The standard InChI is InChI=1S/C25H29N3O4S2/c1-4-28(5-2)23(17-6-9-19(10-7-17)34(3,29)30)22-15-26-24(33-22)27-25(12-13-25)18-8-11-20-21(14-18)32-16-31-20/h6-11,14-15,23H,4-5,12-13,16H2,1-3H3,(H,26,27). The van der Waals surface area contributed by atoms with Gasteiger partial charge in [-0.25, -0.2) is 13.4 Å². The van der Waals surface area contributed by atoms with Gasteiger partial charge < -0.3 is 14.8 Å². The highest BCUT2D eigenvalue weighted by atomic mass is 32.2. The van der Waals surface area contributed by atoms with E-state index in [1.807, 2.05) is 24.4 Å². The van der Waals surface area contributed by atoms with E-state index < -0.39 is 9.84 Å². The van der Waals surface area contributed by atoms with E-state index in [1.54, 1.807) is 23.5 Å². The van der Waals surface area contributed by atoms with Crippen molar-refractivity contribution in [3.63, 3.8) is 0 Å². The summed E-state index contributed by atoms with van der Waals surface area (Å²) in [6, 6.07) is 13.4. The molecule has 2 aromatic carbocycles. The molecule has 1 atom stereocenters. The summed E-state index contributed by atoms with van der Waals surface area (Å²) in [5.41, 5.74) is 2.12. The number of hydrogen-bond acceptors (Lipinski definition) is 8. The molecule has 2 heterocycles. The monoisotopic (exact) mass is 499 g/mol. The third-order valence-electron chi connectivity index (χ3n) is 6.62. The maximum Gasteiger partial charge on any atom is 0.231 e. The van der Waals surface area contributed by atoms with Crippen LogP contribution in [0.25, 0.3) is 0 Å². The van der Waals surface area contributed by atoms with Crippen molar-refractivity contribution in [3.8, 4) is 11.5 Å². The lowest BCUT2D eigenvalue weighted by atomic mass is 10.0. The van der Waals surface area contributed by atoms with Crippen LogP contribution in [0.2, 0.25) is 0 Å². The number of hydrogen-bond donors (Lipinski definition) is 1. The second kappa shape index (κ2) is 8.87. The van der Waals surface area contributed by atoms with Crippen molar-refractivity contribution in [2.45, 2.75) is 43.2 Å². The van der Waals surface area contributed by atoms with Gasteiger partial charge in [-0.2, -0.15) is 0 Å². The van der Waals surface area contributed by atoms with Crippen LogP contribution >= 0.6 is 11.3 Å². The van der Waals surface area contributed by atoms with Gasteiger partial charge in [0.05, 0.1) is 16.5 Å². The number of anilines is 1. The van der Waals surface area contributed by atoms with Gasteiger partial charge in [0.1, 0.15) is 0 Å². The number of sulfone groups is 1. The van der Waals surface area contributed by atoms with Gasteiger partial charge >= 0.3 is 0 Å². The van der Waals surface area contributed by atoms with Crippen LogP contribution in [0.1, 0.15) is 48.7 Å². The lowest BCUT2D eigenvalue weighted by molar-refractivity contribution is 0.174. The Morgan fingerprint density at radius 1 is 1.09 bits per heavy atom. The van der Waals surface area contributed by atoms with E-state index in [1.165, 1.54) is 11.8 Å². The molecule has 1 aliphatic heterocycles. The van der Waals surface area contributed by atoms with Gasteiger partial charge in [-0.15, -0.1) is 11.3 Å². The Morgan fingerprint density at radius 3 is 2.44 bits per heavy atom. The van der Waals surface area contributed by atoms with Gasteiger partial charge in [0.25, 0.3) is 0 Å². The third-order valence-corrected chi connectivity index (χ3v) is 8.71. The Labute approximate surface area is 204 Å². The quantitative estimate of drug-likeness (QED) is 0.453. The first kappa shape index (κ1) is 23.1. The summed E-state index contributed by atoms with van der Waals surface area (Å²) in [6.07, 6.45) is 5.25. The molecule has 180 valence electrons. The molecule has 0 spiro atoms. The highest BCUT2D eigenvalue weighted by Gasteiger charge is 2.45. The minimum atomic E-state index is -3.23. The first-order valence-electron chi connectivity index (χ1n) is 11.5. The number of benzene rings is 2. The predicted octanol–water partition coefficient (Wildman–Crippen LogP) is 4.81. The van der Waals surface area contributed by atoms with Crippen LogP contribution in [0.3, 0.4) is 0 Å². The van der Waals surface area contributed by atoms with E-state index >= 15 is 0 Å². The highest BCUT2D eigenvalue weighted by Crippen LogP contribution is 2.51. The maximum absolute atomic E-state index is 11.9. The Morgan fingerprint density at radius 2 is 1.79 bits per heavy atom. The number of aromatic nitrogens is 1. The van der Waals surface area contributed by atoms with E-state index in [9.17, 15) is 8.42 Å². The number of rotatable bonds is 9. The predicted molar refractivity (Wildman–Crippen MR) is 134 cm³/mol. The zero-order valence-corrected chi connectivity index (χ0v) is 21.2. The van der Waals surface area contributed by atoms with Crippen LogP contribution in [0.4, 0.5) is 5.13 Å². The molecule has 5 rings (SSSR count). The van der Waals surface area contributed by atoms with Crippen LogP contribution in [-0.4, -0.2) is 44.4 Å². The fourth-order valence-electron chi connectivity index (χ4n) is 4.52. The molecular formula is C25H29N3O4S2.